The van der Waals surface area contributed by atoms with Gasteiger partial charge in [-0.15, -0.1) is 0 Å². The Labute approximate surface area is 193 Å². The predicted octanol–water partition coefficient (Wildman–Crippen LogP) is 2.06. The van der Waals surface area contributed by atoms with Gasteiger partial charge in [0.2, 0.25) is 17.7 Å². The van der Waals surface area contributed by atoms with Gasteiger partial charge in [0.15, 0.2) is 0 Å². The van der Waals surface area contributed by atoms with Crippen LogP contribution in [0.1, 0.15) is 50.5 Å². The van der Waals surface area contributed by atoms with Gasteiger partial charge in [0.05, 0.1) is 17.9 Å². The summed E-state index contributed by atoms with van der Waals surface area (Å²) >= 11 is 0. The van der Waals surface area contributed by atoms with Crippen LogP contribution in [0.15, 0.2) is 42.5 Å². The van der Waals surface area contributed by atoms with Crippen LogP contribution < -0.4 is 10.6 Å². The summed E-state index contributed by atoms with van der Waals surface area (Å²) in [6, 6.07) is 9.26. The highest BCUT2D eigenvalue weighted by Gasteiger charge is 2.74. The van der Waals surface area contributed by atoms with Crippen LogP contribution in [0.4, 0.5) is 0 Å². The number of nitrogens with one attached hydrogen (secondary N) is 2. The number of likely N-dealkylation sites (tertiary alicyclic amines) is 1. The molecule has 174 valence electrons. The molecule has 33 heavy (non-hydrogen) atoms. The number of fused-ring (bicyclic) bond motifs is 1. The van der Waals surface area contributed by atoms with E-state index in [2.05, 4.69) is 10.6 Å². The quantitative estimate of drug-likeness (QED) is 0.651. The van der Waals surface area contributed by atoms with Crippen LogP contribution in [0, 0.1) is 11.8 Å². The topological polar surface area (TPSA) is 87.7 Å². The summed E-state index contributed by atoms with van der Waals surface area (Å²) in [7, 11) is 0. The fraction of sp³-hybridized carbons (Fsp3) is 0.577. The van der Waals surface area contributed by atoms with E-state index in [4.69, 9.17) is 4.74 Å². The molecule has 2 saturated carbocycles. The standard InChI is InChI=1S/C26H31N3O4/c30-23(27-15-16-7-3-1-4-8-16)20-19-13-14-26(33-19)21(20)25(32)29(18-11-12-18)22(26)24(31)28-17-9-5-2-6-10-17/h1,3-4,7-8,13-14,17-22H,2,5-6,9-12,15H2,(H,27,30)(H,28,31). The van der Waals surface area contributed by atoms with Crippen molar-refractivity contribution in [3.8, 4) is 0 Å². The first-order valence-electron chi connectivity index (χ1n) is 12.4. The first-order chi connectivity index (χ1) is 16.1. The Morgan fingerprint density at radius 2 is 1.79 bits per heavy atom. The van der Waals surface area contributed by atoms with E-state index in [1.807, 2.05) is 42.5 Å². The van der Waals surface area contributed by atoms with Gasteiger partial charge in [0, 0.05) is 18.6 Å². The average molecular weight is 450 g/mol. The van der Waals surface area contributed by atoms with Crippen molar-refractivity contribution in [2.24, 2.45) is 11.8 Å². The van der Waals surface area contributed by atoms with Crippen LogP contribution in [0.2, 0.25) is 0 Å². The van der Waals surface area contributed by atoms with E-state index in [9.17, 15) is 14.4 Å². The largest absolute Gasteiger partial charge is 0.359 e. The predicted molar refractivity (Wildman–Crippen MR) is 121 cm³/mol. The molecule has 6 rings (SSSR count). The second-order valence-corrected chi connectivity index (χ2v) is 10.2. The smallest absolute Gasteiger partial charge is 0.246 e. The third-order valence-electron chi connectivity index (χ3n) is 8.06. The van der Waals surface area contributed by atoms with Gasteiger partial charge in [0.25, 0.3) is 0 Å². The molecule has 1 spiro atoms. The number of carbonyl (C=O) groups excluding carboxylic acids is 3. The number of benzene rings is 1. The summed E-state index contributed by atoms with van der Waals surface area (Å²) in [5.74, 6) is -1.67. The fourth-order valence-corrected chi connectivity index (χ4v) is 6.38. The molecular weight excluding hydrogens is 418 g/mol. The van der Waals surface area contributed by atoms with Gasteiger partial charge in [-0.05, 0) is 31.2 Å². The molecule has 0 radical (unpaired) electrons. The van der Waals surface area contributed by atoms with E-state index in [0.717, 1.165) is 44.1 Å². The van der Waals surface area contributed by atoms with E-state index in [1.165, 1.54) is 6.42 Å². The molecule has 2 saturated heterocycles. The van der Waals surface area contributed by atoms with Gasteiger partial charge in [-0.2, -0.15) is 0 Å². The second-order valence-electron chi connectivity index (χ2n) is 10.2. The highest BCUT2D eigenvalue weighted by atomic mass is 16.5. The zero-order chi connectivity index (χ0) is 22.6. The summed E-state index contributed by atoms with van der Waals surface area (Å²) in [4.78, 5) is 42.3. The summed E-state index contributed by atoms with van der Waals surface area (Å²) in [6.07, 6.45) is 10.5. The normalized spacial score (nSPS) is 35.0. The molecule has 1 aromatic carbocycles. The minimum Gasteiger partial charge on any atom is -0.359 e. The van der Waals surface area contributed by atoms with E-state index in [-0.39, 0.29) is 29.8 Å². The molecule has 5 unspecified atom stereocenters. The molecule has 7 nitrogen and oxygen atoms in total. The maximum absolute atomic E-state index is 13.7. The molecule has 2 bridgehead atoms. The number of ether oxygens (including phenoxy) is 1. The monoisotopic (exact) mass is 449 g/mol. The molecule has 0 aromatic heterocycles. The number of amides is 3. The second kappa shape index (κ2) is 7.97. The van der Waals surface area contributed by atoms with Gasteiger partial charge < -0.3 is 20.3 Å². The number of carbonyl (C=O) groups is 3. The number of hydrogen-bond donors (Lipinski definition) is 2. The van der Waals surface area contributed by atoms with E-state index in [1.54, 1.807) is 4.90 Å². The Balaban J connectivity index is 1.25. The van der Waals surface area contributed by atoms with E-state index < -0.39 is 29.6 Å². The molecule has 5 atom stereocenters. The van der Waals surface area contributed by atoms with Crippen molar-refractivity contribution in [3.63, 3.8) is 0 Å². The Hall–Kier alpha value is -2.67. The van der Waals surface area contributed by atoms with Crippen LogP contribution in [-0.4, -0.2) is 52.5 Å². The first kappa shape index (κ1) is 20.9. The third kappa shape index (κ3) is 3.39. The fourth-order valence-electron chi connectivity index (χ4n) is 6.38. The van der Waals surface area contributed by atoms with Gasteiger partial charge >= 0.3 is 0 Å². The summed E-state index contributed by atoms with van der Waals surface area (Å²) in [5, 5.41) is 6.23. The van der Waals surface area contributed by atoms with Crippen molar-refractivity contribution in [1.29, 1.82) is 0 Å². The van der Waals surface area contributed by atoms with Crippen LogP contribution >= 0.6 is 0 Å². The summed E-state index contributed by atoms with van der Waals surface area (Å²) in [6.45, 7) is 0.401. The molecule has 3 aliphatic heterocycles. The average Bonchev–Trinajstić information content (AvgIpc) is 3.43. The lowest BCUT2D eigenvalue weighted by atomic mass is 9.74. The van der Waals surface area contributed by atoms with Gasteiger partial charge in [-0.25, -0.2) is 0 Å². The van der Waals surface area contributed by atoms with Crippen LogP contribution in [0.3, 0.4) is 0 Å². The molecule has 5 aliphatic rings. The molecule has 3 heterocycles. The number of hydrogen-bond acceptors (Lipinski definition) is 4. The van der Waals surface area contributed by atoms with Crippen molar-refractivity contribution < 1.29 is 19.1 Å². The van der Waals surface area contributed by atoms with E-state index >= 15 is 0 Å². The number of rotatable bonds is 6. The molecule has 3 amide bonds. The first-order valence-corrected chi connectivity index (χ1v) is 12.4. The Bertz CT molecular complexity index is 985. The lowest BCUT2D eigenvalue weighted by Gasteiger charge is -2.34. The van der Waals surface area contributed by atoms with Gasteiger partial charge in [0.1, 0.15) is 11.6 Å². The van der Waals surface area contributed by atoms with Crippen molar-refractivity contribution in [2.45, 2.75) is 81.3 Å². The molecule has 2 N–H and O–H groups in total. The van der Waals surface area contributed by atoms with E-state index in [0.29, 0.717) is 6.54 Å². The van der Waals surface area contributed by atoms with Crippen molar-refractivity contribution in [1.82, 2.24) is 15.5 Å². The Morgan fingerprint density at radius 1 is 1.03 bits per heavy atom. The summed E-state index contributed by atoms with van der Waals surface area (Å²) in [5.41, 5.74) is -0.0417. The highest BCUT2D eigenvalue weighted by Crippen LogP contribution is 2.57. The van der Waals surface area contributed by atoms with Crippen molar-refractivity contribution in [2.75, 3.05) is 0 Å². The van der Waals surface area contributed by atoms with Gasteiger partial charge in [-0.1, -0.05) is 61.7 Å². The molecular formula is C26H31N3O4. The highest BCUT2D eigenvalue weighted by molar-refractivity contribution is 6.00. The SMILES string of the molecule is O=C(NCc1ccccc1)C1C2C=CC3(O2)C1C(=O)N(C1CC1)C3C(=O)NC1CCCCC1. The lowest BCUT2D eigenvalue weighted by molar-refractivity contribution is -0.142. The van der Waals surface area contributed by atoms with Crippen molar-refractivity contribution in [3.05, 3.63) is 48.0 Å². The molecule has 4 fully saturated rings. The maximum atomic E-state index is 13.7. The van der Waals surface area contributed by atoms with Crippen LogP contribution in [0.25, 0.3) is 0 Å². The zero-order valence-electron chi connectivity index (χ0n) is 18.7. The lowest BCUT2D eigenvalue weighted by Crippen LogP contribution is -2.57. The number of nitrogens with zero attached hydrogens (tertiary/aromatic N) is 1. The Morgan fingerprint density at radius 3 is 2.52 bits per heavy atom. The molecule has 2 aliphatic carbocycles. The van der Waals surface area contributed by atoms with Gasteiger partial charge in [-0.3, -0.25) is 14.4 Å². The minimum absolute atomic E-state index is 0.0728. The molecule has 7 heteroatoms. The van der Waals surface area contributed by atoms with Crippen molar-refractivity contribution >= 4 is 17.7 Å². The minimum atomic E-state index is -1.04. The zero-order valence-corrected chi connectivity index (χ0v) is 18.7. The van der Waals surface area contributed by atoms with Crippen LogP contribution in [-0.2, 0) is 25.7 Å². The molecule has 1 aromatic rings. The van der Waals surface area contributed by atoms with Crippen LogP contribution in [0.5, 0.6) is 0 Å². The third-order valence-corrected chi connectivity index (χ3v) is 8.06. The maximum Gasteiger partial charge on any atom is 0.246 e. The summed E-state index contributed by atoms with van der Waals surface area (Å²) < 4.78 is 6.38. The Kier molecular flexibility index (Phi) is 5.05.